The van der Waals surface area contributed by atoms with Crippen molar-refractivity contribution in [2.75, 3.05) is 5.32 Å². The minimum absolute atomic E-state index is 0.468. The van der Waals surface area contributed by atoms with E-state index in [1.807, 2.05) is 0 Å². The standard InChI is InChI=1S/C13H19N/c1-9(2)12(5)14-13-7-10(3)6-11(4)8-13/h6-9,14H,5H2,1-4H3. The average Bonchev–Trinajstić information content (AvgIpc) is 2.01. The molecule has 0 saturated carbocycles. The van der Waals surface area contributed by atoms with E-state index in [-0.39, 0.29) is 0 Å². The summed E-state index contributed by atoms with van der Waals surface area (Å²) in [6, 6.07) is 6.45. The lowest BCUT2D eigenvalue weighted by Crippen LogP contribution is -2.04. The van der Waals surface area contributed by atoms with E-state index in [0.717, 1.165) is 11.4 Å². The van der Waals surface area contributed by atoms with Gasteiger partial charge in [0.2, 0.25) is 0 Å². The molecular weight excluding hydrogens is 170 g/mol. The molecule has 0 saturated heterocycles. The fraction of sp³-hybridized carbons (Fsp3) is 0.385. The van der Waals surface area contributed by atoms with E-state index in [0.29, 0.717) is 5.92 Å². The second-order valence-electron chi connectivity index (χ2n) is 4.18. The van der Waals surface area contributed by atoms with Gasteiger partial charge in [0, 0.05) is 11.4 Å². The summed E-state index contributed by atoms with van der Waals surface area (Å²) in [4.78, 5) is 0. The lowest BCUT2D eigenvalue weighted by molar-refractivity contribution is 0.778. The van der Waals surface area contributed by atoms with E-state index >= 15 is 0 Å². The van der Waals surface area contributed by atoms with Crippen LogP contribution in [0.15, 0.2) is 30.5 Å². The third kappa shape index (κ3) is 2.91. The molecule has 0 spiro atoms. The Hall–Kier alpha value is -1.24. The van der Waals surface area contributed by atoms with Gasteiger partial charge >= 0.3 is 0 Å². The summed E-state index contributed by atoms with van der Waals surface area (Å²) in [5.74, 6) is 0.468. The van der Waals surface area contributed by atoms with Crippen LogP contribution >= 0.6 is 0 Å². The number of aryl methyl sites for hydroxylation is 2. The molecule has 0 fully saturated rings. The van der Waals surface area contributed by atoms with Gasteiger partial charge < -0.3 is 5.32 Å². The maximum atomic E-state index is 4.00. The average molecular weight is 189 g/mol. The molecule has 0 aliphatic carbocycles. The van der Waals surface area contributed by atoms with Gasteiger partial charge in [0.05, 0.1) is 0 Å². The first kappa shape index (κ1) is 10.8. The predicted octanol–water partition coefficient (Wildman–Crippen LogP) is 3.89. The highest BCUT2D eigenvalue weighted by atomic mass is 14.9. The predicted molar refractivity (Wildman–Crippen MR) is 63.5 cm³/mol. The Morgan fingerprint density at radius 3 is 2.07 bits per heavy atom. The van der Waals surface area contributed by atoms with Gasteiger partial charge in [-0.05, 0) is 43.0 Å². The molecule has 0 amide bonds. The highest BCUT2D eigenvalue weighted by Crippen LogP contribution is 2.17. The monoisotopic (exact) mass is 189 g/mol. The van der Waals surface area contributed by atoms with E-state index in [4.69, 9.17) is 0 Å². The van der Waals surface area contributed by atoms with Gasteiger partial charge in [0.1, 0.15) is 0 Å². The quantitative estimate of drug-likeness (QED) is 0.760. The molecule has 0 radical (unpaired) electrons. The maximum absolute atomic E-state index is 4.00. The van der Waals surface area contributed by atoms with Crippen LogP contribution in [-0.2, 0) is 0 Å². The van der Waals surface area contributed by atoms with Gasteiger partial charge in [-0.3, -0.25) is 0 Å². The number of anilines is 1. The van der Waals surface area contributed by atoms with Crippen LogP contribution in [0.2, 0.25) is 0 Å². The van der Waals surface area contributed by atoms with Gasteiger partial charge in [0.25, 0.3) is 0 Å². The third-order valence-corrected chi connectivity index (χ3v) is 2.22. The minimum Gasteiger partial charge on any atom is -0.359 e. The molecule has 0 aliphatic heterocycles. The highest BCUT2D eigenvalue weighted by Gasteiger charge is 2.01. The zero-order valence-electron chi connectivity index (χ0n) is 9.52. The van der Waals surface area contributed by atoms with Crippen molar-refractivity contribution in [3.05, 3.63) is 41.6 Å². The summed E-state index contributed by atoms with van der Waals surface area (Å²) in [6.45, 7) is 12.5. The Balaban J connectivity index is 2.82. The largest absolute Gasteiger partial charge is 0.359 e. The first-order chi connectivity index (χ1) is 6.49. The number of allylic oxidation sites excluding steroid dienone is 1. The number of rotatable bonds is 3. The third-order valence-electron chi connectivity index (χ3n) is 2.22. The molecule has 1 aromatic rings. The molecule has 76 valence electrons. The molecule has 0 bridgehead atoms. The zero-order valence-corrected chi connectivity index (χ0v) is 9.52. The van der Waals surface area contributed by atoms with Gasteiger partial charge in [0.15, 0.2) is 0 Å². The van der Waals surface area contributed by atoms with Crippen LogP contribution in [0.5, 0.6) is 0 Å². The maximum Gasteiger partial charge on any atom is 0.0387 e. The van der Waals surface area contributed by atoms with Gasteiger partial charge in [-0.15, -0.1) is 0 Å². The molecule has 1 heteroatoms. The van der Waals surface area contributed by atoms with Crippen molar-refractivity contribution in [1.29, 1.82) is 0 Å². The summed E-state index contributed by atoms with van der Waals surface area (Å²) in [6.07, 6.45) is 0. The zero-order chi connectivity index (χ0) is 10.7. The smallest absolute Gasteiger partial charge is 0.0387 e. The molecule has 1 N–H and O–H groups in total. The first-order valence-corrected chi connectivity index (χ1v) is 5.03. The van der Waals surface area contributed by atoms with Crippen LogP contribution in [-0.4, -0.2) is 0 Å². The Bertz CT molecular complexity index is 317. The lowest BCUT2D eigenvalue weighted by atomic mass is 10.1. The number of hydrogen-bond donors (Lipinski definition) is 1. The van der Waals surface area contributed by atoms with E-state index < -0.39 is 0 Å². The van der Waals surface area contributed by atoms with Crippen molar-refractivity contribution in [3.63, 3.8) is 0 Å². The van der Waals surface area contributed by atoms with E-state index in [1.165, 1.54) is 11.1 Å². The molecule has 1 rings (SSSR count). The number of nitrogens with one attached hydrogen (secondary N) is 1. The first-order valence-electron chi connectivity index (χ1n) is 5.03. The van der Waals surface area contributed by atoms with Crippen LogP contribution < -0.4 is 5.32 Å². The Labute approximate surface area is 86.8 Å². The van der Waals surface area contributed by atoms with Crippen LogP contribution in [0.4, 0.5) is 5.69 Å². The second kappa shape index (κ2) is 4.32. The van der Waals surface area contributed by atoms with E-state index in [2.05, 4.69) is 57.8 Å². The van der Waals surface area contributed by atoms with Crippen LogP contribution in [0, 0.1) is 19.8 Å². The van der Waals surface area contributed by atoms with Crippen LogP contribution in [0.25, 0.3) is 0 Å². The molecule has 1 nitrogen and oxygen atoms in total. The fourth-order valence-electron chi connectivity index (χ4n) is 1.38. The molecular formula is C13H19N. The SMILES string of the molecule is C=C(Nc1cc(C)cc(C)c1)C(C)C. The minimum atomic E-state index is 0.468. The molecule has 0 unspecified atom stereocenters. The fourth-order valence-corrected chi connectivity index (χ4v) is 1.38. The van der Waals surface area contributed by atoms with Crippen LogP contribution in [0.1, 0.15) is 25.0 Å². The summed E-state index contributed by atoms with van der Waals surface area (Å²) < 4.78 is 0. The van der Waals surface area contributed by atoms with Crippen molar-refractivity contribution in [3.8, 4) is 0 Å². The van der Waals surface area contributed by atoms with E-state index in [1.54, 1.807) is 0 Å². The summed E-state index contributed by atoms with van der Waals surface area (Å²) in [7, 11) is 0. The second-order valence-corrected chi connectivity index (χ2v) is 4.18. The van der Waals surface area contributed by atoms with Crippen LogP contribution in [0.3, 0.4) is 0 Å². The molecule has 0 aromatic heterocycles. The summed E-state index contributed by atoms with van der Waals surface area (Å²) in [5, 5.41) is 3.33. The van der Waals surface area contributed by atoms with Crippen molar-refractivity contribution in [2.45, 2.75) is 27.7 Å². The topological polar surface area (TPSA) is 12.0 Å². The van der Waals surface area contributed by atoms with Gasteiger partial charge in [-0.2, -0.15) is 0 Å². The lowest BCUT2D eigenvalue weighted by Gasteiger charge is -2.13. The van der Waals surface area contributed by atoms with Gasteiger partial charge in [-0.25, -0.2) is 0 Å². The Morgan fingerprint density at radius 1 is 1.14 bits per heavy atom. The van der Waals surface area contributed by atoms with Crippen molar-refractivity contribution >= 4 is 5.69 Å². The Kier molecular flexibility index (Phi) is 3.34. The van der Waals surface area contributed by atoms with E-state index in [9.17, 15) is 0 Å². The summed E-state index contributed by atoms with van der Waals surface area (Å²) in [5.41, 5.74) is 4.77. The number of hydrogen-bond acceptors (Lipinski definition) is 1. The highest BCUT2D eigenvalue weighted by molar-refractivity contribution is 5.52. The molecule has 1 aromatic carbocycles. The number of benzene rings is 1. The van der Waals surface area contributed by atoms with Crippen molar-refractivity contribution in [1.82, 2.24) is 0 Å². The normalized spacial score (nSPS) is 10.4. The molecule has 14 heavy (non-hydrogen) atoms. The van der Waals surface area contributed by atoms with Crippen molar-refractivity contribution in [2.24, 2.45) is 5.92 Å². The molecule has 0 atom stereocenters. The Morgan fingerprint density at radius 2 is 1.64 bits per heavy atom. The molecule has 0 aliphatic rings. The summed E-state index contributed by atoms with van der Waals surface area (Å²) >= 11 is 0. The van der Waals surface area contributed by atoms with Gasteiger partial charge in [-0.1, -0.05) is 26.5 Å². The van der Waals surface area contributed by atoms with Crippen molar-refractivity contribution < 1.29 is 0 Å². The molecule has 0 heterocycles.